The third-order valence-corrected chi connectivity index (χ3v) is 2.44. The second kappa shape index (κ2) is 5.61. The van der Waals surface area contributed by atoms with Crippen LogP contribution in [0.4, 0.5) is 11.4 Å². The fourth-order valence-corrected chi connectivity index (χ4v) is 1.59. The lowest BCUT2D eigenvalue weighted by atomic mass is 10.2. The first-order valence-corrected chi connectivity index (χ1v) is 5.21. The van der Waals surface area contributed by atoms with Gasteiger partial charge in [0, 0.05) is 27.3 Å². The number of benzene rings is 1. The van der Waals surface area contributed by atoms with Gasteiger partial charge in [0.2, 0.25) is 0 Å². The number of aryl methyl sites for hydroxylation is 1. The van der Waals surface area contributed by atoms with Crippen molar-refractivity contribution in [3.63, 3.8) is 0 Å². The molecule has 0 atom stereocenters. The highest BCUT2D eigenvalue weighted by Crippen LogP contribution is 2.22. The zero-order chi connectivity index (χ0) is 11.3. The van der Waals surface area contributed by atoms with E-state index < -0.39 is 0 Å². The van der Waals surface area contributed by atoms with Gasteiger partial charge in [0.05, 0.1) is 11.4 Å². The first-order valence-electron chi connectivity index (χ1n) is 5.21. The van der Waals surface area contributed by atoms with E-state index in [0.717, 1.165) is 30.9 Å². The van der Waals surface area contributed by atoms with Crippen LogP contribution in [-0.4, -0.2) is 27.3 Å². The van der Waals surface area contributed by atoms with Crippen LogP contribution in [0.2, 0.25) is 0 Å². The topological polar surface area (TPSA) is 38.5 Å². The van der Waals surface area contributed by atoms with E-state index in [1.807, 2.05) is 13.0 Å². The van der Waals surface area contributed by atoms with E-state index in [2.05, 4.69) is 24.1 Å². The Labute approximate surface area is 91.8 Å². The molecular formula is C12H20N2O. The zero-order valence-corrected chi connectivity index (χ0v) is 9.79. The number of hydrogen-bond acceptors (Lipinski definition) is 3. The maximum atomic E-state index is 5.95. The highest BCUT2D eigenvalue weighted by atomic mass is 16.5. The van der Waals surface area contributed by atoms with Crippen LogP contribution in [-0.2, 0) is 4.74 Å². The van der Waals surface area contributed by atoms with Crippen LogP contribution in [0.1, 0.15) is 12.0 Å². The third kappa shape index (κ3) is 3.44. The third-order valence-electron chi connectivity index (χ3n) is 2.44. The molecule has 1 aromatic carbocycles. The number of rotatable bonds is 5. The van der Waals surface area contributed by atoms with E-state index >= 15 is 0 Å². The van der Waals surface area contributed by atoms with Crippen molar-refractivity contribution < 1.29 is 4.74 Å². The smallest absolute Gasteiger partial charge is 0.0597 e. The molecule has 0 aliphatic carbocycles. The summed E-state index contributed by atoms with van der Waals surface area (Å²) in [5.74, 6) is 0. The summed E-state index contributed by atoms with van der Waals surface area (Å²) >= 11 is 0. The van der Waals surface area contributed by atoms with Crippen LogP contribution in [0.3, 0.4) is 0 Å². The number of anilines is 2. The minimum atomic E-state index is 0.788. The Kier molecular flexibility index (Phi) is 4.43. The molecule has 0 bridgehead atoms. The lowest BCUT2D eigenvalue weighted by molar-refractivity contribution is 0.196. The highest BCUT2D eigenvalue weighted by molar-refractivity contribution is 5.68. The van der Waals surface area contributed by atoms with Crippen molar-refractivity contribution in [3.05, 3.63) is 23.8 Å². The average Bonchev–Trinajstić information content (AvgIpc) is 2.17. The monoisotopic (exact) mass is 208 g/mol. The van der Waals surface area contributed by atoms with Gasteiger partial charge >= 0.3 is 0 Å². The molecule has 3 nitrogen and oxygen atoms in total. The van der Waals surface area contributed by atoms with Crippen LogP contribution in [0, 0.1) is 6.92 Å². The number of ether oxygens (including phenoxy) is 1. The van der Waals surface area contributed by atoms with Gasteiger partial charge in [-0.1, -0.05) is 6.07 Å². The van der Waals surface area contributed by atoms with Crippen LogP contribution < -0.4 is 10.6 Å². The van der Waals surface area contributed by atoms with E-state index in [9.17, 15) is 0 Å². The zero-order valence-electron chi connectivity index (χ0n) is 9.79. The van der Waals surface area contributed by atoms with Crippen LogP contribution in [0.5, 0.6) is 0 Å². The molecule has 15 heavy (non-hydrogen) atoms. The summed E-state index contributed by atoms with van der Waals surface area (Å²) in [5, 5.41) is 0. The van der Waals surface area contributed by atoms with E-state index in [4.69, 9.17) is 10.5 Å². The van der Waals surface area contributed by atoms with Gasteiger partial charge in [0.15, 0.2) is 0 Å². The first-order chi connectivity index (χ1) is 7.15. The Bertz CT molecular complexity index is 312. The Morgan fingerprint density at radius 1 is 1.40 bits per heavy atom. The Morgan fingerprint density at radius 2 is 2.13 bits per heavy atom. The molecule has 2 N–H and O–H groups in total. The molecule has 0 heterocycles. The summed E-state index contributed by atoms with van der Waals surface area (Å²) in [5.41, 5.74) is 9.09. The molecule has 0 aliphatic rings. The van der Waals surface area contributed by atoms with Crippen molar-refractivity contribution >= 4 is 11.4 Å². The normalized spacial score (nSPS) is 10.3. The number of methoxy groups -OCH3 is 1. The minimum Gasteiger partial charge on any atom is -0.397 e. The molecule has 0 unspecified atom stereocenters. The molecule has 1 aromatic rings. The fraction of sp³-hybridized carbons (Fsp3) is 0.500. The Hall–Kier alpha value is -1.22. The minimum absolute atomic E-state index is 0.788. The molecule has 0 aromatic heterocycles. The van der Waals surface area contributed by atoms with E-state index in [1.165, 1.54) is 5.56 Å². The molecule has 0 spiro atoms. The van der Waals surface area contributed by atoms with Gasteiger partial charge in [-0.3, -0.25) is 0 Å². The van der Waals surface area contributed by atoms with Crippen molar-refractivity contribution in [2.45, 2.75) is 13.3 Å². The second-order valence-corrected chi connectivity index (χ2v) is 3.83. The van der Waals surface area contributed by atoms with Gasteiger partial charge in [0.1, 0.15) is 0 Å². The van der Waals surface area contributed by atoms with E-state index in [1.54, 1.807) is 7.11 Å². The molecule has 0 radical (unpaired) electrons. The SMILES string of the molecule is COCCCN(C)c1ccc(C)cc1N. The molecule has 0 amide bonds. The van der Waals surface area contributed by atoms with Crippen molar-refractivity contribution in [3.8, 4) is 0 Å². The molecular weight excluding hydrogens is 188 g/mol. The number of nitrogen functional groups attached to an aromatic ring is 1. The molecule has 3 heteroatoms. The molecule has 0 aliphatic heterocycles. The van der Waals surface area contributed by atoms with Crippen molar-refractivity contribution in [1.82, 2.24) is 0 Å². The molecule has 0 fully saturated rings. The van der Waals surface area contributed by atoms with Crippen LogP contribution in [0.15, 0.2) is 18.2 Å². The average molecular weight is 208 g/mol. The van der Waals surface area contributed by atoms with Gasteiger partial charge < -0.3 is 15.4 Å². The van der Waals surface area contributed by atoms with Crippen molar-refractivity contribution in [2.75, 3.05) is 37.9 Å². The van der Waals surface area contributed by atoms with Gasteiger partial charge in [0.25, 0.3) is 0 Å². The molecule has 0 saturated heterocycles. The Balaban J connectivity index is 2.61. The van der Waals surface area contributed by atoms with Gasteiger partial charge in [-0.15, -0.1) is 0 Å². The van der Waals surface area contributed by atoms with Gasteiger partial charge in [-0.25, -0.2) is 0 Å². The van der Waals surface area contributed by atoms with Crippen LogP contribution in [0.25, 0.3) is 0 Å². The van der Waals surface area contributed by atoms with E-state index in [-0.39, 0.29) is 0 Å². The number of nitrogens with zero attached hydrogens (tertiary/aromatic N) is 1. The lowest BCUT2D eigenvalue weighted by Gasteiger charge is -2.21. The highest BCUT2D eigenvalue weighted by Gasteiger charge is 2.04. The van der Waals surface area contributed by atoms with Gasteiger partial charge in [-0.05, 0) is 31.0 Å². The predicted molar refractivity (Wildman–Crippen MR) is 65.4 cm³/mol. The van der Waals surface area contributed by atoms with E-state index in [0.29, 0.717) is 0 Å². The lowest BCUT2D eigenvalue weighted by Crippen LogP contribution is -2.20. The summed E-state index contributed by atoms with van der Waals surface area (Å²) in [6.45, 7) is 3.79. The fourth-order valence-electron chi connectivity index (χ4n) is 1.59. The molecule has 1 rings (SSSR count). The Morgan fingerprint density at radius 3 is 2.73 bits per heavy atom. The largest absolute Gasteiger partial charge is 0.397 e. The maximum absolute atomic E-state index is 5.95. The maximum Gasteiger partial charge on any atom is 0.0597 e. The summed E-state index contributed by atoms with van der Waals surface area (Å²) in [4.78, 5) is 2.16. The summed E-state index contributed by atoms with van der Waals surface area (Å²) < 4.78 is 5.02. The summed E-state index contributed by atoms with van der Waals surface area (Å²) in [7, 11) is 3.77. The molecule has 84 valence electrons. The quantitative estimate of drug-likeness (QED) is 0.594. The first kappa shape index (κ1) is 11.9. The standard InChI is InChI=1S/C12H20N2O/c1-10-5-6-12(11(13)9-10)14(2)7-4-8-15-3/h5-6,9H,4,7-8,13H2,1-3H3. The second-order valence-electron chi connectivity index (χ2n) is 3.83. The predicted octanol–water partition coefficient (Wildman–Crippen LogP) is 2.05. The molecule has 0 saturated carbocycles. The van der Waals surface area contributed by atoms with Crippen molar-refractivity contribution in [1.29, 1.82) is 0 Å². The van der Waals surface area contributed by atoms with Crippen LogP contribution >= 0.6 is 0 Å². The number of hydrogen-bond donors (Lipinski definition) is 1. The summed E-state index contributed by atoms with van der Waals surface area (Å²) in [6.07, 6.45) is 1.01. The van der Waals surface area contributed by atoms with Crippen molar-refractivity contribution in [2.24, 2.45) is 0 Å². The van der Waals surface area contributed by atoms with Gasteiger partial charge in [-0.2, -0.15) is 0 Å². The summed E-state index contributed by atoms with van der Waals surface area (Å²) in [6, 6.07) is 6.15. The number of nitrogens with two attached hydrogens (primary N) is 1.